The average molecular weight is 403 g/mol. The Balaban J connectivity index is 1.79. The predicted octanol–water partition coefficient (Wildman–Crippen LogP) is 2.81. The smallest absolute Gasteiger partial charge is 0.269 e. The van der Waals surface area contributed by atoms with E-state index in [0.717, 1.165) is 11.3 Å². The molecule has 0 saturated heterocycles. The quantitative estimate of drug-likeness (QED) is 0.630. The molecule has 4 rings (SSSR count). The van der Waals surface area contributed by atoms with Gasteiger partial charge in [-0.05, 0) is 49.4 Å². The van der Waals surface area contributed by atoms with Gasteiger partial charge in [-0.25, -0.2) is 20.2 Å². The third-order valence-electron chi connectivity index (χ3n) is 5.64. The van der Waals surface area contributed by atoms with Crippen molar-refractivity contribution in [2.75, 3.05) is 10.6 Å². The van der Waals surface area contributed by atoms with E-state index in [4.69, 9.17) is 0 Å². The Labute approximate surface area is 176 Å². The molecule has 0 radical (unpaired) electrons. The fourth-order valence-electron chi connectivity index (χ4n) is 3.68. The van der Waals surface area contributed by atoms with Crippen molar-refractivity contribution in [3.8, 4) is 0 Å². The molecule has 1 aliphatic heterocycles. The zero-order chi connectivity index (χ0) is 21.4. The minimum absolute atomic E-state index is 0.0961. The van der Waals surface area contributed by atoms with Gasteiger partial charge in [-0.2, -0.15) is 0 Å². The lowest BCUT2D eigenvalue weighted by molar-refractivity contribution is -0.520. The van der Waals surface area contributed by atoms with Gasteiger partial charge in [-0.15, -0.1) is 0 Å². The Morgan fingerprint density at radius 1 is 1.10 bits per heavy atom. The fraction of sp³-hybridized carbons (Fsp3) is 0.292. The normalized spacial score (nSPS) is 15.4. The zero-order valence-electron chi connectivity index (χ0n) is 18.1. The average Bonchev–Trinajstić information content (AvgIpc) is 2.70. The lowest BCUT2D eigenvalue weighted by Crippen LogP contribution is -2.82. The number of hydrogen-bond donors (Lipinski definition) is 3. The molecule has 6 heteroatoms. The highest BCUT2D eigenvalue weighted by Gasteiger charge is 2.29. The topological polar surface area (TPSA) is 72.9 Å². The van der Waals surface area contributed by atoms with Crippen molar-refractivity contribution in [3.63, 3.8) is 0 Å². The number of rotatable bonds is 3. The summed E-state index contributed by atoms with van der Waals surface area (Å²) in [6.45, 7) is 10.3. The molecule has 154 valence electrons. The van der Waals surface area contributed by atoms with E-state index in [1.807, 2.05) is 19.1 Å². The Kier molecular flexibility index (Phi) is 5.16. The highest BCUT2D eigenvalue weighted by molar-refractivity contribution is 5.99. The van der Waals surface area contributed by atoms with Gasteiger partial charge in [0, 0.05) is 17.3 Å². The van der Waals surface area contributed by atoms with Gasteiger partial charge in [0.2, 0.25) is 0 Å². The third-order valence-corrected chi connectivity index (χ3v) is 5.64. The number of fused-ring (bicyclic) bond motifs is 1. The summed E-state index contributed by atoms with van der Waals surface area (Å²) in [5, 5.41) is 6.69. The van der Waals surface area contributed by atoms with Gasteiger partial charge in [-0.1, -0.05) is 50.2 Å². The van der Waals surface area contributed by atoms with Gasteiger partial charge in [-0.3, -0.25) is 9.79 Å². The molecular formula is C24H28N5O+. The summed E-state index contributed by atoms with van der Waals surface area (Å²) in [5.41, 5.74) is 6.23. The predicted molar refractivity (Wildman–Crippen MR) is 121 cm³/mol. The number of nitrogens with zero attached hydrogens (tertiary/aromatic N) is 2. The SMILES string of the molecule is Cc1cc(=O)n2c(n1)NC(Nc1cccc(C)c1C)=[NH+][C@H]2c1ccc(C(C)C)cc1. The molecule has 3 aromatic rings. The Bertz CT molecular complexity index is 1180. The lowest BCUT2D eigenvalue weighted by atomic mass is 10.0. The molecule has 0 amide bonds. The third kappa shape index (κ3) is 3.73. The second-order valence-electron chi connectivity index (χ2n) is 8.17. The highest BCUT2D eigenvalue weighted by atomic mass is 16.1. The summed E-state index contributed by atoms with van der Waals surface area (Å²) in [7, 11) is 0. The summed E-state index contributed by atoms with van der Waals surface area (Å²) >= 11 is 0. The van der Waals surface area contributed by atoms with E-state index in [1.165, 1.54) is 16.7 Å². The molecule has 6 nitrogen and oxygen atoms in total. The van der Waals surface area contributed by atoms with Crippen molar-refractivity contribution in [1.82, 2.24) is 9.55 Å². The number of hydrogen-bond acceptors (Lipinski definition) is 4. The summed E-state index contributed by atoms with van der Waals surface area (Å²) in [6, 6.07) is 16.1. The van der Waals surface area contributed by atoms with Crippen LogP contribution >= 0.6 is 0 Å². The fourth-order valence-corrected chi connectivity index (χ4v) is 3.68. The van der Waals surface area contributed by atoms with Crippen LogP contribution < -0.4 is 21.2 Å². The number of guanidine groups is 1. The summed E-state index contributed by atoms with van der Waals surface area (Å²) in [4.78, 5) is 20.8. The van der Waals surface area contributed by atoms with E-state index < -0.39 is 0 Å². The number of benzene rings is 2. The number of anilines is 2. The Morgan fingerprint density at radius 2 is 1.83 bits per heavy atom. The number of aryl methyl sites for hydroxylation is 2. The molecule has 1 aliphatic rings. The zero-order valence-corrected chi connectivity index (χ0v) is 18.1. The first-order chi connectivity index (χ1) is 14.3. The van der Waals surface area contributed by atoms with Crippen LogP contribution in [0, 0.1) is 20.8 Å². The van der Waals surface area contributed by atoms with Crippen LogP contribution in [-0.4, -0.2) is 15.5 Å². The van der Waals surface area contributed by atoms with Crippen LogP contribution in [0.25, 0.3) is 0 Å². The van der Waals surface area contributed by atoms with Crippen LogP contribution in [0.15, 0.2) is 53.3 Å². The van der Waals surface area contributed by atoms with E-state index in [9.17, 15) is 4.79 Å². The monoisotopic (exact) mass is 402 g/mol. The van der Waals surface area contributed by atoms with Crippen LogP contribution in [0.2, 0.25) is 0 Å². The molecular weight excluding hydrogens is 374 g/mol. The Morgan fingerprint density at radius 3 is 2.53 bits per heavy atom. The standard InChI is InChI=1S/C24H27N5O/c1-14(2)18-9-11-19(12-10-18)22-27-23(26-20-8-6-7-15(3)17(20)5)28-24-25-16(4)13-21(30)29(22)24/h6-14,22H,1-5H3,(H2,25,26,27,28)/p+1/t22-/m1/s1. The number of nitrogens with one attached hydrogen (secondary N) is 3. The van der Waals surface area contributed by atoms with Crippen LogP contribution in [0.3, 0.4) is 0 Å². The first kappa shape index (κ1) is 19.9. The highest BCUT2D eigenvalue weighted by Crippen LogP contribution is 2.21. The first-order valence-electron chi connectivity index (χ1n) is 10.3. The van der Waals surface area contributed by atoms with E-state index in [1.54, 1.807) is 10.6 Å². The van der Waals surface area contributed by atoms with E-state index in [-0.39, 0.29) is 11.7 Å². The Hall–Kier alpha value is -3.41. The van der Waals surface area contributed by atoms with Crippen LogP contribution in [-0.2, 0) is 0 Å². The molecule has 3 N–H and O–H groups in total. The minimum Gasteiger partial charge on any atom is -0.269 e. The lowest BCUT2D eigenvalue weighted by Gasteiger charge is -2.23. The molecule has 0 fully saturated rings. The van der Waals surface area contributed by atoms with E-state index >= 15 is 0 Å². The van der Waals surface area contributed by atoms with Crippen LogP contribution in [0.4, 0.5) is 11.6 Å². The molecule has 1 atom stereocenters. The first-order valence-corrected chi connectivity index (χ1v) is 10.3. The summed E-state index contributed by atoms with van der Waals surface area (Å²) in [6.07, 6.45) is -0.365. The molecule has 2 heterocycles. The molecule has 0 spiro atoms. The van der Waals surface area contributed by atoms with Crippen LogP contribution in [0.5, 0.6) is 0 Å². The second kappa shape index (κ2) is 7.78. The summed E-state index contributed by atoms with van der Waals surface area (Å²) in [5.74, 6) is 1.66. The van der Waals surface area contributed by atoms with Crippen molar-refractivity contribution in [3.05, 3.63) is 86.8 Å². The second-order valence-corrected chi connectivity index (χ2v) is 8.17. The van der Waals surface area contributed by atoms with Crippen molar-refractivity contribution >= 4 is 17.6 Å². The van der Waals surface area contributed by atoms with Crippen molar-refractivity contribution in [1.29, 1.82) is 0 Å². The maximum Gasteiger partial charge on any atom is 0.357 e. The number of aromatic nitrogens is 2. The van der Waals surface area contributed by atoms with Crippen molar-refractivity contribution in [2.24, 2.45) is 0 Å². The van der Waals surface area contributed by atoms with Crippen molar-refractivity contribution in [2.45, 2.75) is 46.7 Å². The van der Waals surface area contributed by atoms with Gasteiger partial charge in [0.15, 0.2) is 6.17 Å². The molecule has 30 heavy (non-hydrogen) atoms. The molecule has 0 bridgehead atoms. The maximum atomic E-state index is 12.8. The maximum absolute atomic E-state index is 12.8. The molecule has 0 saturated carbocycles. The van der Waals surface area contributed by atoms with E-state index in [0.29, 0.717) is 23.5 Å². The van der Waals surface area contributed by atoms with Gasteiger partial charge in [0.1, 0.15) is 5.69 Å². The van der Waals surface area contributed by atoms with Crippen molar-refractivity contribution < 1.29 is 4.99 Å². The molecule has 1 aromatic heterocycles. The molecule has 0 unspecified atom stereocenters. The van der Waals surface area contributed by atoms with E-state index in [2.05, 4.69) is 78.6 Å². The van der Waals surface area contributed by atoms with Gasteiger partial charge >= 0.3 is 5.96 Å². The largest absolute Gasteiger partial charge is 0.357 e. The minimum atomic E-state index is -0.365. The molecule has 2 aromatic carbocycles. The molecule has 0 aliphatic carbocycles. The van der Waals surface area contributed by atoms with Gasteiger partial charge in [0.25, 0.3) is 11.5 Å². The van der Waals surface area contributed by atoms with Gasteiger partial charge in [0.05, 0.1) is 0 Å². The van der Waals surface area contributed by atoms with Gasteiger partial charge < -0.3 is 0 Å². The summed E-state index contributed by atoms with van der Waals surface area (Å²) < 4.78 is 1.66. The van der Waals surface area contributed by atoms with Crippen LogP contribution in [0.1, 0.15) is 53.9 Å².